The van der Waals surface area contributed by atoms with E-state index in [-0.39, 0.29) is 49.2 Å². The molecule has 0 bridgehead atoms. The number of hydrogen-bond acceptors (Lipinski definition) is 4. The minimum Gasteiger partial charge on any atom is -0.507 e. The SMILES string of the molecule is Oc1ccc2cc(Br)ccc2c1-c1c(O)ccc2cc(Br)ccc12.Oc1ccc2cc(Br)ccc2c1-c1c(O)ccc2cc(Br)ccc12.[Zr]. The van der Waals surface area contributed by atoms with Gasteiger partial charge in [0.1, 0.15) is 23.0 Å². The Labute approximate surface area is 334 Å². The first-order valence-electron chi connectivity index (χ1n) is 14.7. The van der Waals surface area contributed by atoms with Gasteiger partial charge in [-0.3, -0.25) is 0 Å². The van der Waals surface area contributed by atoms with Crippen LogP contribution < -0.4 is 0 Å². The number of phenolic OH excluding ortho intramolecular Hbond substituents is 4. The van der Waals surface area contributed by atoms with Crippen LogP contribution in [-0.2, 0) is 26.2 Å². The third-order valence-electron chi connectivity index (χ3n) is 8.34. The molecule has 4 N–H and O–H groups in total. The molecule has 0 radical (unpaired) electrons. The second-order valence-electron chi connectivity index (χ2n) is 11.3. The van der Waals surface area contributed by atoms with Crippen molar-refractivity contribution in [3.05, 3.63) is 139 Å². The van der Waals surface area contributed by atoms with E-state index >= 15 is 0 Å². The molecular weight excluding hydrogens is 955 g/mol. The largest absolute Gasteiger partial charge is 0.507 e. The standard InChI is InChI=1S/2C20H12Br2O2.Zr/c2*21-13-3-5-15-11(9-13)1-7-17(23)19(15)20-16-6-4-14(22)10-12(16)2-8-18(20)24;/h2*1-10,23-24H;. The van der Waals surface area contributed by atoms with Crippen LogP contribution in [0.15, 0.2) is 139 Å². The van der Waals surface area contributed by atoms with E-state index in [1.165, 1.54) is 0 Å². The fraction of sp³-hybridized carbons (Fsp3) is 0. The molecule has 8 aromatic carbocycles. The Morgan fingerprint density at radius 1 is 0.286 bits per heavy atom. The first kappa shape index (κ1) is 35.6. The van der Waals surface area contributed by atoms with Crippen molar-refractivity contribution in [1.82, 2.24) is 0 Å². The van der Waals surface area contributed by atoms with Crippen molar-refractivity contribution in [3.63, 3.8) is 0 Å². The third-order valence-corrected chi connectivity index (χ3v) is 10.3. The molecule has 0 aliphatic carbocycles. The molecule has 0 saturated heterocycles. The summed E-state index contributed by atoms with van der Waals surface area (Å²) in [6.45, 7) is 0. The summed E-state index contributed by atoms with van der Waals surface area (Å²) in [7, 11) is 0. The molecule has 9 heteroatoms. The molecule has 0 aliphatic heterocycles. The van der Waals surface area contributed by atoms with E-state index in [2.05, 4.69) is 63.7 Å². The topological polar surface area (TPSA) is 80.9 Å². The van der Waals surface area contributed by atoms with Gasteiger partial charge < -0.3 is 20.4 Å². The summed E-state index contributed by atoms with van der Waals surface area (Å²) >= 11 is 13.9. The summed E-state index contributed by atoms with van der Waals surface area (Å²) in [4.78, 5) is 0. The fourth-order valence-electron chi connectivity index (χ4n) is 6.21. The van der Waals surface area contributed by atoms with Gasteiger partial charge in [-0.15, -0.1) is 0 Å². The molecule has 240 valence electrons. The van der Waals surface area contributed by atoms with Crippen LogP contribution >= 0.6 is 63.7 Å². The predicted molar refractivity (Wildman–Crippen MR) is 211 cm³/mol. The van der Waals surface area contributed by atoms with Crippen LogP contribution in [0, 0.1) is 0 Å². The Bertz CT molecular complexity index is 2210. The monoisotopic (exact) mass is 974 g/mol. The van der Waals surface area contributed by atoms with Gasteiger partial charge in [-0.1, -0.05) is 112 Å². The minimum atomic E-state index is 0. The second kappa shape index (κ2) is 14.6. The molecular formula is C40H24Br4O4Zr. The first-order valence-corrected chi connectivity index (χ1v) is 17.9. The molecule has 0 aromatic heterocycles. The van der Waals surface area contributed by atoms with E-state index in [4.69, 9.17) is 0 Å². The zero-order valence-corrected chi connectivity index (χ0v) is 34.1. The van der Waals surface area contributed by atoms with Gasteiger partial charge in [-0.05, 0) is 116 Å². The maximum Gasteiger partial charge on any atom is 0.124 e. The molecule has 8 rings (SSSR count). The Kier molecular flexibility index (Phi) is 10.6. The number of rotatable bonds is 2. The van der Waals surface area contributed by atoms with Crippen LogP contribution in [0.4, 0.5) is 0 Å². The molecule has 0 aliphatic rings. The molecule has 49 heavy (non-hydrogen) atoms. The van der Waals surface area contributed by atoms with E-state index in [0.717, 1.165) is 61.0 Å². The van der Waals surface area contributed by atoms with Gasteiger partial charge in [-0.2, -0.15) is 0 Å². The predicted octanol–water partition coefficient (Wildman–Crippen LogP) is 13.2. The number of hydrogen-bond donors (Lipinski definition) is 4. The molecule has 0 fully saturated rings. The average Bonchev–Trinajstić information content (AvgIpc) is 3.06. The quantitative estimate of drug-likeness (QED) is 0.139. The summed E-state index contributed by atoms with van der Waals surface area (Å²) in [6.07, 6.45) is 0. The molecule has 4 nitrogen and oxygen atoms in total. The number of phenols is 4. The first-order chi connectivity index (χ1) is 23.1. The molecule has 0 heterocycles. The number of aromatic hydroxyl groups is 4. The maximum atomic E-state index is 10.5. The van der Waals surface area contributed by atoms with Crippen molar-refractivity contribution in [2.75, 3.05) is 0 Å². The van der Waals surface area contributed by atoms with E-state index in [1.807, 2.05) is 97.1 Å². The summed E-state index contributed by atoms with van der Waals surface area (Å²) in [6, 6.07) is 37.7. The summed E-state index contributed by atoms with van der Waals surface area (Å²) in [5, 5.41) is 49.7. The van der Waals surface area contributed by atoms with Crippen LogP contribution in [0.1, 0.15) is 0 Å². The van der Waals surface area contributed by atoms with Gasteiger partial charge in [0.25, 0.3) is 0 Å². The number of fused-ring (bicyclic) bond motifs is 4. The van der Waals surface area contributed by atoms with Gasteiger partial charge in [-0.25, -0.2) is 0 Å². The molecule has 8 aromatic rings. The van der Waals surface area contributed by atoms with Crippen LogP contribution in [0.5, 0.6) is 23.0 Å². The normalized spacial score (nSPS) is 11.0. The van der Waals surface area contributed by atoms with Crippen molar-refractivity contribution in [2.45, 2.75) is 0 Å². The van der Waals surface area contributed by atoms with E-state index < -0.39 is 0 Å². The summed E-state index contributed by atoms with van der Waals surface area (Å²) in [5.74, 6) is 0.595. The van der Waals surface area contributed by atoms with Crippen LogP contribution in [0.25, 0.3) is 65.3 Å². The van der Waals surface area contributed by atoms with Crippen molar-refractivity contribution in [3.8, 4) is 45.3 Å². The summed E-state index contributed by atoms with van der Waals surface area (Å²) < 4.78 is 3.88. The molecule has 0 spiro atoms. The van der Waals surface area contributed by atoms with Crippen molar-refractivity contribution >= 4 is 107 Å². The number of halogens is 4. The summed E-state index contributed by atoms with van der Waals surface area (Å²) in [5.41, 5.74) is 2.58. The Morgan fingerprint density at radius 3 is 0.694 bits per heavy atom. The van der Waals surface area contributed by atoms with Gasteiger partial charge in [0.05, 0.1) is 0 Å². The molecule has 0 atom stereocenters. The fourth-order valence-corrected chi connectivity index (χ4v) is 7.72. The van der Waals surface area contributed by atoms with Crippen LogP contribution in [0.3, 0.4) is 0 Å². The second-order valence-corrected chi connectivity index (χ2v) is 15.0. The minimum absolute atomic E-state index is 0. The Morgan fingerprint density at radius 2 is 0.490 bits per heavy atom. The Hall–Kier alpha value is -3.20. The van der Waals surface area contributed by atoms with Crippen molar-refractivity contribution in [1.29, 1.82) is 0 Å². The van der Waals surface area contributed by atoms with Crippen molar-refractivity contribution < 1.29 is 46.6 Å². The van der Waals surface area contributed by atoms with Crippen LogP contribution in [-0.4, -0.2) is 20.4 Å². The third kappa shape index (κ3) is 6.93. The van der Waals surface area contributed by atoms with Crippen LogP contribution in [0.2, 0.25) is 0 Å². The van der Waals surface area contributed by atoms with Gasteiger partial charge in [0.2, 0.25) is 0 Å². The maximum absolute atomic E-state index is 10.5. The van der Waals surface area contributed by atoms with E-state index in [0.29, 0.717) is 22.3 Å². The van der Waals surface area contributed by atoms with Gasteiger partial charge >= 0.3 is 0 Å². The molecule has 0 unspecified atom stereocenters. The van der Waals surface area contributed by atoms with Gasteiger partial charge in [0, 0.05) is 66.3 Å². The number of benzene rings is 8. The van der Waals surface area contributed by atoms with Crippen molar-refractivity contribution in [2.24, 2.45) is 0 Å². The molecule has 0 amide bonds. The zero-order chi connectivity index (χ0) is 33.7. The molecule has 0 saturated carbocycles. The Balaban J connectivity index is 0.000000167. The smallest absolute Gasteiger partial charge is 0.124 e. The zero-order valence-electron chi connectivity index (χ0n) is 25.3. The van der Waals surface area contributed by atoms with Gasteiger partial charge in [0.15, 0.2) is 0 Å². The van der Waals surface area contributed by atoms with E-state index in [9.17, 15) is 20.4 Å². The van der Waals surface area contributed by atoms with E-state index in [1.54, 1.807) is 24.3 Å². The average molecular weight is 979 g/mol.